The summed E-state index contributed by atoms with van der Waals surface area (Å²) in [5.74, 6) is -1.11. The summed E-state index contributed by atoms with van der Waals surface area (Å²) in [6.07, 6.45) is 0.0767. The van der Waals surface area contributed by atoms with E-state index in [9.17, 15) is 13.0 Å². The third-order valence-corrected chi connectivity index (χ3v) is 7.94. The van der Waals surface area contributed by atoms with Crippen molar-refractivity contribution < 1.29 is 22.0 Å². The fraction of sp³-hybridized carbons (Fsp3) is 0.300. The van der Waals surface area contributed by atoms with Gasteiger partial charge < -0.3 is 9.05 Å². The van der Waals surface area contributed by atoms with E-state index in [0.717, 1.165) is 5.56 Å². The van der Waals surface area contributed by atoms with Crippen LogP contribution in [0.15, 0.2) is 72.1 Å². The monoisotopic (exact) mass is 423 g/mol. The molecule has 0 saturated carbocycles. The van der Waals surface area contributed by atoms with Gasteiger partial charge in [-0.25, -0.2) is 8.42 Å². The van der Waals surface area contributed by atoms with Gasteiger partial charge in [-0.2, -0.15) is 4.72 Å². The van der Waals surface area contributed by atoms with Gasteiger partial charge >= 0.3 is 7.60 Å². The summed E-state index contributed by atoms with van der Waals surface area (Å²) >= 11 is 0. The van der Waals surface area contributed by atoms with Crippen molar-refractivity contribution in [1.29, 1.82) is 0 Å². The maximum absolute atomic E-state index is 13.4. The van der Waals surface area contributed by atoms with Gasteiger partial charge in [-0.05, 0) is 37.1 Å². The van der Waals surface area contributed by atoms with Crippen LogP contribution in [-0.2, 0) is 23.6 Å². The second-order valence-corrected chi connectivity index (χ2v) is 9.93. The van der Waals surface area contributed by atoms with E-state index in [2.05, 4.69) is 11.3 Å². The van der Waals surface area contributed by atoms with Crippen molar-refractivity contribution in [3.05, 3.63) is 72.8 Å². The molecule has 2 aromatic rings. The number of hydrogen-bond donors (Lipinski definition) is 1. The molecule has 0 spiro atoms. The molecule has 0 aromatic heterocycles. The van der Waals surface area contributed by atoms with Crippen molar-refractivity contribution in [2.24, 2.45) is 0 Å². The van der Waals surface area contributed by atoms with Crippen molar-refractivity contribution in [3.63, 3.8) is 0 Å². The Kier molecular flexibility index (Phi) is 8.16. The Morgan fingerprint density at radius 2 is 1.50 bits per heavy atom. The van der Waals surface area contributed by atoms with Crippen LogP contribution in [0.5, 0.6) is 0 Å². The van der Waals surface area contributed by atoms with Gasteiger partial charge in [-0.15, -0.1) is 0 Å². The lowest BCUT2D eigenvalue weighted by Gasteiger charge is -2.27. The van der Waals surface area contributed by atoms with E-state index in [-0.39, 0.29) is 24.5 Å². The van der Waals surface area contributed by atoms with E-state index in [4.69, 9.17) is 9.05 Å². The van der Waals surface area contributed by atoms with Crippen molar-refractivity contribution >= 4 is 23.2 Å². The van der Waals surface area contributed by atoms with Crippen molar-refractivity contribution in [2.75, 3.05) is 13.2 Å². The zero-order valence-electron chi connectivity index (χ0n) is 16.1. The molecule has 2 rings (SSSR count). The first kappa shape index (κ1) is 22.5. The van der Waals surface area contributed by atoms with Crippen LogP contribution in [0.2, 0.25) is 0 Å². The Balaban J connectivity index is 2.38. The minimum atomic E-state index is -3.93. The molecule has 152 valence electrons. The Morgan fingerprint density at radius 3 is 2.00 bits per heavy atom. The number of nitrogens with one attached hydrogen (secondary N) is 1. The summed E-state index contributed by atoms with van der Waals surface area (Å²) in [5.41, 5.74) is 1.45. The largest absolute Gasteiger partial charge is 0.348 e. The van der Waals surface area contributed by atoms with E-state index in [1.54, 1.807) is 32.0 Å². The molecule has 6 nitrogen and oxygen atoms in total. The maximum atomic E-state index is 13.4. The van der Waals surface area contributed by atoms with E-state index in [1.807, 2.05) is 30.3 Å². The third kappa shape index (κ3) is 5.87. The summed E-state index contributed by atoms with van der Waals surface area (Å²) in [7, 11) is -7.70. The van der Waals surface area contributed by atoms with E-state index in [0.29, 0.717) is 5.57 Å². The molecule has 2 aromatic carbocycles. The Labute approximate surface area is 167 Å². The summed E-state index contributed by atoms with van der Waals surface area (Å²) in [6.45, 7) is 7.64. The van der Waals surface area contributed by atoms with Gasteiger partial charge in [0, 0.05) is 6.42 Å². The first-order chi connectivity index (χ1) is 13.3. The van der Waals surface area contributed by atoms with Gasteiger partial charge in [0.1, 0.15) is 5.78 Å². The zero-order valence-corrected chi connectivity index (χ0v) is 17.8. The lowest BCUT2D eigenvalue weighted by molar-refractivity contribution is 0.210. The van der Waals surface area contributed by atoms with Crippen LogP contribution in [0, 0.1) is 0 Å². The highest BCUT2D eigenvalue weighted by Gasteiger charge is 2.39. The van der Waals surface area contributed by atoms with Crippen LogP contribution < -0.4 is 4.72 Å². The first-order valence-corrected chi connectivity index (χ1v) is 12.1. The SMILES string of the molecule is C=C(CC(NS(=O)(=O)c1ccccc1)P(=O)(OCC)OCC)c1ccccc1. The van der Waals surface area contributed by atoms with Crippen molar-refractivity contribution in [1.82, 2.24) is 4.72 Å². The third-order valence-electron chi connectivity index (χ3n) is 3.97. The van der Waals surface area contributed by atoms with Crippen LogP contribution in [0.25, 0.3) is 5.57 Å². The van der Waals surface area contributed by atoms with Gasteiger partial charge in [-0.3, -0.25) is 4.57 Å². The summed E-state index contributed by atoms with van der Waals surface area (Å²) in [4.78, 5) is 0.0740. The smallest absolute Gasteiger partial charge is 0.308 e. The second kappa shape index (κ2) is 10.1. The van der Waals surface area contributed by atoms with Crippen LogP contribution in [0.4, 0.5) is 0 Å². The molecule has 0 saturated heterocycles. The van der Waals surface area contributed by atoms with Crippen LogP contribution in [0.1, 0.15) is 25.8 Å². The summed E-state index contributed by atoms with van der Waals surface area (Å²) in [5, 5.41) is 0. The molecule has 1 unspecified atom stereocenters. The van der Waals surface area contributed by atoms with E-state index >= 15 is 0 Å². The first-order valence-electron chi connectivity index (χ1n) is 9.01. The molecule has 1 atom stereocenters. The Morgan fingerprint density at radius 1 is 1.00 bits per heavy atom. The quantitative estimate of drug-likeness (QED) is 0.532. The van der Waals surface area contributed by atoms with Crippen LogP contribution in [0.3, 0.4) is 0 Å². The Bertz CT molecular complexity index is 906. The highest BCUT2D eigenvalue weighted by molar-refractivity contribution is 7.89. The van der Waals surface area contributed by atoms with E-state index in [1.165, 1.54) is 12.1 Å². The van der Waals surface area contributed by atoms with Crippen LogP contribution in [-0.4, -0.2) is 27.4 Å². The summed E-state index contributed by atoms with van der Waals surface area (Å²) < 4.78 is 52.4. The number of hydrogen-bond acceptors (Lipinski definition) is 5. The molecule has 0 aliphatic carbocycles. The molecule has 0 aliphatic rings. The molecular formula is C20H26NO5PS. The van der Waals surface area contributed by atoms with Crippen molar-refractivity contribution in [2.45, 2.75) is 30.9 Å². The highest BCUT2D eigenvalue weighted by atomic mass is 32.2. The van der Waals surface area contributed by atoms with Gasteiger partial charge in [-0.1, -0.05) is 55.1 Å². The Hall–Kier alpha value is -1.76. The lowest BCUT2D eigenvalue weighted by Crippen LogP contribution is -2.36. The second-order valence-electron chi connectivity index (χ2n) is 6.00. The molecule has 28 heavy (non-hydrogen) atoms. The average Bonchev–Trinajstić information content (AvgIpc) is 2.69. The van der Waals surface area contributed by atoms with Gasteiger partial charge in [0.25, 0.3) is 0 Å². The predicted molar refractivity (Wildman–Crippen MR) is 112 cm³/mol. The minimum absolute atomic E-state index is 0.0740. The lowest BCUT2D eigenvalue weighted by atomic mass is 10.1. The normalized spacial score (nSPS) is 13.2. The summed E-state index contributed by atoms with van der Waals surface area (Å²) in [6, 6.07) is 17.2. The highest BCUT2D eigenvalue weighted by Crippen LogP contribution is 2.54. The van der Waals surface area contributed by atoms with Gasteiger partial charge in [0.15, 0.2) is 0 Å². The molecule has 1 N–H and O–H groups in total. The fourth-order valence-corrected chi connectivity index (χ4v) is 6.29. The molecule has 0 aliphatic heterocycles. The number of sulfonamides is 1. The molecule has 0 fully saturated rings. The van der Waals surface area contributed by atoms with E-state index < -0.39 is 23.4 Å². The number of benzene rings is 2. The number of rotatable bonds is 11. The topological polar surface area (TPSA) is 81.7 Å². The van der Waals surface area contributed by atoms with Gasteiger partial charge in [0.2, 0.25) is 10.0 Å². The molecule has 0 bridgehead atoms. The molecule has 0 radical (unpaired) electrons. The van der Waals surface area contributed by atoms with Crippen molar-refractivity contribution in [3.8, 4) is 0 Å². The average molecular weight is 423 g/mol. The van der Waals surface area contributed by atoms with Crippen LogP contribution >= 0.6 is 7.60 Å². The predicted octanol–water partition coefficient (Wildman–Crippen LogP) is 4.66. The zero-order chi connectivity index (χ0) is 20.6. The standard InChI is InChI=1S/C20H26NO5PS/c1-4-25-27(22,26-5-2)20(16-17(3)18-12-8-6-9-13-18)21-28(23,24)19-14-10-7-11-15-19/h6-15,20-21H,3-5,16H2,1-2H3. The minimum Gasteiger partial charge on any atom is -0.308 e. The molecule has 0 heterocycles. The molecule has 0 amide bonds. The molecule has 8 heteroatoms. The van der Waals surface area contributed by atoms with Gasteiger partial charge in [0.05, 0.1) is 18.1 Å². The maximum Gasteiger partial charge on any atom is 0.348 e. The fourth-order valence-electron chi connectivity index (χ4n) is 2.67. The molecular weight excluding hydrogens is 397 g/mol.